The van der Waals surface area contributed by atoms with Crippen LogP contribution in [0, 0.1) is 0 Å². The van der Waals surface area contributed by atoms with Crippen molar-refractivity contribution in [3.8, 4) is 0 Å². The van der Waals surface area contributed by atoms with Crippen molar-refractivity contribution in [3.05, 3.63) is 65.7 Å². The molecule has 8 nitrogen and oxygen atoms in total. The summed E-state index contributed by atoms with van der Waals surface area (Å²) in [6, 6.07) is 15.5. The van der Waals surface area contributed by atoms with Crippen molar-refractivity contribution >= 4 is 33.3 Å². The van der Waals surface area contributed by atoms with E-state index in [0.717, 1.165) is 17.5 Å². The van der Waals surface area contributed by atoms with Gasteiger partial charge < -0.3 is 4.74 Å². The number of para-hydroxylation sites is 1. The van der Waals surface area contributed by atoms with Gasteiger partial charge in [0.1, 0.15) is 0 Å². The van der Waals surface area contributed by atoms with E-state index >= 15 is 0 Å². The van der Waals surface area contributed by atoms with Gasteiger partial charge in [0.05, 0.1) is 29.8 Å². The number of hydrazone groups is 1. The fraction of sp³-hybridized carbons (Fsp3) is 0.211. The largest absolute Gasteiger partial charge is 0.452 e. The van der Waals surface area contributed by atoms with Crippen molar-refractivity contribution in [2.24, 2.45) is 5.10 Å². The lowest BCUT2D eigenvalue weighted by molar-refractivity contribution is -0.134. The fourth-order valence-corrected chi connectivity index (χ4v) is 3.28. The van der Waals surface area contributed by atoms with Crippen LogP contribution in [0.2, 0.25) is 0 Å². The number of benzene rings is 2. The number of hydrogen-bond donors (Lipinski definition) is 1. The summed E-state index contributed by atoms with van der Waals surface area (Å²) in [7, 11) is -3.56. The molecule has 28 heavy (non-hydrogen) atoms. The van der Waals surface area contributed by atoms with Gasteiger partial charge in [0.2, 0.25) is 10.0 Å². The number of nitrogens with zero attached hydrogens (tertiary/aromatic N) is 2. The predicted molar refractivity (Wildman–Crippen MR) is 104 cm³/mol. The topological polar surface area (TPSA) is 105 Å². The number of amides is 1. The molecule has 0 bridgehead atoms. The molecule has 0 saturated carbocycles. The molecule has 0 aliphatic carbocycles. The highest BCUT2D eigenvalue weighted by atomic mass is 32.2. The van der Waals surface area contributed by atoms with Crippen LogP contribution in [0.25, 0.3) is 0 Å². The Kier molecular flexibility index (Phi) is 5.74. The number of esters is 1. The Balaban J connectivity index is 1.63. The third kappa shape index (κ3) is 4.95. The first kappa shape index (κ1) is 19.6. The lowest BCUT2D eigenvalue weighted by Crippen LogP contribution is -2.29. The molecule has 0 atom stereocenters. The Morgan fingerprint density at radius 1 is 1.11 bits per heavy atom. The molecule has 2 aromatic rings. The third-order valence-electron chi connectivity index (χ3n) is 3.97. The Labute approximate surface area is 162 Å². The van der Waals surface area contributed by atoms with E-state index in [-0.39, 0.29) is 11.3 Å². The highest BCUT2D eigenvalue weighted by molar-refractivity contribution is 7.92. The molecule has 1 heterocycles. The van der Waals surface area contributed by atoms with Crippen LogP contribution in [-0.2, 0) is 19.6 Å². The van der Waals surface area contributed by atoms with Gasteiger partial charge in [-0.15, -0.1) is 0 Å². The summed E-state index contributed by atoms with van der Waals surface area (Å²) in [4.78, 5) is 24.6. The summed E-state index contributed by atoms with van der Waals surface area (Å²) >= 11 is 0. The Morgan fingerprint density at radius 3 is 2.50 bits per heavy atom. The molecule has 146 valence electrons. The van der Waals surface area contributed by atoms with Crippen molar-refractivity contribution < 1.29 is 22.7 Å². The Morgan fingerprint density at radius 2 is 1.79 bits per heavy atom. The molecule has 0 fully saturated rings. The van der Waals surface area contributed by atoms with E-state index in [1.807, 2.05) is 30.3 Å². The maximum atomic E-state index is 12.3. The number of hydrogen-bond acceptors (Lipinski definition) is 6. The van der Waals surface area contributed by atoms with E-state index in [2.05, 4.69) is 9.82 Å². The lowest BCUT2D eigenvalue weighted by Gasteiger charge is -2.13. The average molecular weight is 401 g/mol. The quantitative estimate of drug-likeness (QED) is 0.744. The van der Waals surface area contributed by atoms with Gasteiger partial charge in [0.25, 0.3) is 5.91 Å². The van der Waals surface area contributed by atoms with Crippen molar-refractivity contribution in [3.63, 3.8) is 0 Å². The molecular formula is C19H19N3O5S. The number of nitrogens with one attached hydrogen (secondary N) is 1. The molecule has 1 aliphatic heterocycles. The van der Waals surface area contributed by atoms with Crippen molar-refractivity contribution in [2.45, 2.75) is 6.42 Å². The second-order valence-corrected chi connectivity index (χ2v) is 7.92. The summed E-state index contributed by atoms with van der Waals surface area (Å²) in [6.45, 7) is -0.0789. The maximum Gasteiger partial charge on any atom is 0.340 e. The van der Waals surface area contributed by atoms with Crippen LogP contribution in [-0.4, -0.2) is 50.4 Å². The zero-order valence-electron chi connectivity index (χ0n) is 15.2. The average Bonchev–Trinajstić information content (AvgIpc) is 3.16. The molecule has 2 aromatic carbocycles. The first-order valence-corrected chi connectivity index (χ1v) is 10.4. The zero-order chi connectivity index (χ0) is 20.1. The second-order valence-electron chi connectivity index (χ2n) is 6.18. The van der Waals surface area contributed by atoms with Crippen LogP contribution >= 0.6 is 0 Å². The first-order chi connectivity index (χ1) is 13.3. The first-order valence-electron chi connectivity index (χ1n) is 8.51. The minimum atomic E-state index is -3.56. The lowest BCUT2D eigenvalue weighted by atomic mass is 10.1. The van der Waals surface area contributed by atoms with Gasteiger partial charge in [-0.05, 0) is 17.7 Å². The van der Waals surface area contributed by atoms with Gasteiger partial charge in [0.15, 0.2) is 6.61 Å². The summed E-state index contributed by atoms with van der Waals surface area (Å²) < 4.78 is 30.2. The van der Waals surface area contributed by atoms with Crippen LogP contribution in [0.5, 0.6) is 0 Å². The van der Waals surface area contributed by atoms with E-state index in [1.54, 1.807) is 12.1 Å². The number of sulfonamides is 1. The molecule has 1 aliphatic rings. The maximum absolute atomic E-state index is 12.3. The third-order valence-corrected chi connectivity index (χ3v) is 4.56. The van der Waals surface area contributed by atoms with Crippen molar-refractivity contribution in [2.75, 3.05) is 24.1 Å². The van der Waals surface area contributed by atoms with Crippen LogP contribution in [0.3, 0.4) is 0 Å². The molecule has 0 saturated heterocycles. The summed E-state index contributed by atoms with van der Waals surface area (Å²) in [5, 5.41) is 5.57. The molecule has 0 unspecified atom stereocenters. The van der Waals surface area contributed by atoms with Crippen molar-refractivity contribution in [1.29, 1.82) is 0 Å². The number of rotatable bonds is 6. The number of ether oxygens (including phenoxy) is 1. The Hall–Kier alpha value is -3.20. The molecule has 0 aromatic heterocycles. The standard InChI is InChI=1S/C19H19N3O5S/c1-28(25,26)21-17-10-6-5-9-15(17)19(24)27-13-18(23)22-12-11-16(20-22)14-7-3-2-4-8-14/h2-10,21H,11-13H2,1H3. The highest BCUT2D eigenvalue weighted by Gasteiger charge is 2.23. The van der Waals surface area contributed by atoms with Crippen LogP contribution in [0.15, 0.2) is 59.7 Å². The molecular weight excluding hydrogens is 382 g/mol. The highest BCUT2D eigenvalue weighted by Crippen LogP contribution is 2.18. The normalized spacial score (nSPS) is 13.8. The zero-order valence-corrected chi connectivity index (χ0v) is 16.0. The summed E-state index contributed by atoms with van der Waals surface area (Å²) in [5.41, 5.74) is 1.85. The predicted octanol–water partition coefficient (Wildman–Crippen LogP) is 1.85. The number of carbonyl (C=O) groups is 2. The molecule has 1 amide bonds. The minimum absolute atomic E-state index is 0.0237. The Bertz CT molecular complexity index is 1020. The van der Waals surface area contributed by atoms with E-state index in [1.165, 1.54) is 17.1 Å². The van der Waals surface area contributed by atoms with Gasteiger partial charge >= 0.3 is 5.97 Å². The van der Waals surface area contributed by atoms with Gasteiger partial charge in [-0.2, -0.15) is 5.10 Å². The van der Waals surface area contributed by atoms with Gasteiger partial charge in [-0.25, -0.2) is 18.2 Å². The van der Waals surface area contributed by atoms with Crippen molar-refractivity contribution in [1.82, 2.24) is 5.01 Å². The summed E-state index contributed by atoms with van der Waals surface area (Å²) in [5.74, 6) is -1.25. The van der Waals surface area contributed by atoms with E-state index in [9.17, 15) is 18.0 Å². The van der Waals surface area contributed by atoms with Crippen LogP contribution in [0.1, 0.15) is 22.3 Å². The summed E-state index contributed by atoms with van der Waals surface area (Å²) in [6.07, 6.45) is 1.60. The van der Waals surface area contributed by atoms with Gasteiger partial charge in [0, 0.05) is 6.42 Å². The minimum Gasteiger partial charge on any atom is -0.452 e. The number of carbonyl (C=O) groups excluding carboxylic acids is 2. The molecule has 0 radical (unpaired) electrons. The molecule has 1 N–H and O–H groups in total. The fourth-order valence-electron chi connectivity index (χ4n) is 2.70. The van der Waals surface area contributed by atoms with Gasteiger partial charge in [-0.3, -0.25) is 9.52 Å². The second kappa shape index (κ2) is 8.22. The van der Waals surface area contributed by atoms with E-state index < -0.39 is 28.5 Å². The smallest absolute Gasteiger partial charge is 0.340 e. The molecule has 0 spiro atoms. The monoisotopic (exact) mass is 401 g/mol. The molecule has 9 heteroatoms. The van der Waals surface area contributed by atoms with Crippen LogP contribution < -0.4 is 4.72 Å². The van der Waals surface area contributed by atoms with Gasteiger partial charge in [-0.1, -0.05) is 42.5 Å². The molecule has 3 rings (SSSR count). The van der Waals surface area contributed by atoms with E-state index in [4.69, 9.17) is 4.74 Å². The van der Waals surface area contributed by atoms with E-state index in [0.29, 0.717) is 13.0 Å². The SMILES string of the molecule is CS(=O)(=O)Nc1ccccc1C(=O)OCC(=O)N1CCC(c2ccccc2)=N1. The van der Waals surface area contributed by atoms with Crippen LogP contribution in [0.4, 0.5) is 5.69 Å². The number of anilines is 1.